The number of halogens is 2. The first-order valence-electron chi connectivity index (χ1n) is 6.29. The van der Waals surface area contributed by atoms with Crippen molar-refractivity contribution in [3.63, 3.8) is 0 Å². The molecular formula is C17H10Cl2O2. The Bertz CT molecular complexity index is 830. The zero-order valence-corrected chi connectivity index (χ0v) is 12.4. The van der Waals surface area contributed by atoms with Crippen LogP contribution in [0.3, 0.4) is 0 Å². The van der Waals surface area contributed by atoms with E-state index >= 15 is 0 Å². The van der Waals surface area contributed by atoms with Crippen LogP contribution in [0.15, 0.2) is 59.0 Å². The summed E-state index contributed by atoms with van der Waals surface area (Å²) in [5.74, 6) is 0.0924. The molecule has 1 heterocycles. The van der Waals surface area contributed by atoms with Crippen LogP contribution in [0.2, 0.25) is 10.0 Å². The fourth-order valence-corrected chi connectivity index (χ4v) is 2.27. The number of fused-ring (bicyclic) bond motifs is 1. The Kier molecular flexibility index (Phi) is 3.82. The highest BCUT2D eigenvalue weighted by Crippen LogP contribution is 2.23. The first-order chi connectivity index (χ1) is 10.1. The van der Waals surface area contributed by atoms with Gasteiger partial charge < -0.3 is 4.42 Å². The summed E-state index contributed by atoms with van der Waals surface area (Å²) in [5.41, 5.74) is 1.54. The Morgan fingerprint density at radius 1 is 0.952 bits per heavy atom. The van der Waals surface area contributed by atoms with Crippen molar-refractivity contribution in [3.8, 4) is 0 Å². The van der Waals surface area contributed by atoms with Gasteiger partial charge in [0.25, 0.3) is 0 Å². The van der Waals surface area contributed by atoms with Crippen LogP contribution < -0.4 is 0 Å². The van der Waals surface area contributed by atoms with Gasteiger partial charge >= 0.3 is 0 Å². The smallest absolute Gasteiger partial charge is 0.221 e. The van der Waals surface area contributed by atoms with Crippen LogP contribution in [0, 0.1) is 0 Å². The van der Waals surface area contributed by atoms with Gasteiger partial charge in [-0.2, -0.15) is 0 Å². The lowest BCUT2D eigenvalue weighted by atomic mass is 10.2. The highest BCUT2D eigenvalue weighted by atomic mass is 35.5. The standard InChI is InChI=1S/C17H10Cl2O2/c18-13-4-1-11(2-5-13)3-7-15(20)17-10-12-9-14(19)6-8-16(12)21-17/h1-10H. The summed E-state index contributed by atoms with van der Waals surface area (Å²) in [7, 11) is 0. The largest absolute Gasteiger partial charge is 0.453 e. The number of benzene rings is 2. The summed E-state index contributed by atoms with van der Waals surface area (Å²) in [6.07, 6.45) is 3.20. The van der Waals surface area contributed by atoms with E-state index in [9.17, 15) is 4.79 Å². The number of ketones is 1. The maximum absolute atomic E-state index is 12.1. The summed E-state index contributed by atoms with van der Waals surface area (Å²) < 4.78 is 5.51. The molecule has 21 heavy (non-hydrogen) atoms. The lowest BCUT2D eigenvalue weighted by Crippen LogP contribution is -1.90. The minimum absolute atomic E-state index is 0.197. The Balaban J connectivity index is 1.84. The first kappa shape index (κ1) is 13.9. The average molecular weight is 317 g/mol. The fraction of sp³-hybridized carbons (Fsp3) is 0. The van der Waals surface area contributed by atoms with E-state index in [1.165, 1.54) is 6.08 Å². The highest BCUT2D eigenvalue weighted by molar-refractivity contribution is 6.31. The molecule has 0 saturated carbocycles. The summed E-state index contributed by atoms with van der Waals surface area (Å²) >= 11 is 11.7. The first-order valence-corrected chi connectivity index (χ1v) is 7.04. The van der Waals surface area contributed by atoms with E-state index in [0.717, 1.165) is 10.9 Å². The van der Waals surface area contributed by atoms with Gasteiger partial charge in [0.15, 0.2) is 5.76 Å². The van der Waals surface area contributed by atoms with Crippen molar-refractivity contribution in [2.24, 2.45) is 0 Å². The predicted molar refractivity (Wildman–Crippen MR) is 86.0 cm³/mol. The molecule has 0 saturated heterocycles. The predicted octanol–water partition coefficient (Wildman–Crippen LogP) is 5.64. The van der Waals surface area contributed by atoms with Crippen LogP contribution in [-0.2, 0) is 0 Å². The Morgan fingerprint density at radius 2 is 1.67 bits per heavy atom. The minimum atomic E-state index is -0.197. The molecule has 0 aliphatic rings. The zero-order valence-electron chi connectivity index (χ0n) is 10.8. The number of carbonyl (C=O) groups is 1. The molecule has 0 radical (unpaired) electrons. The molecule has 0 amide bonds. The minimum Gasteiger partial charge on any atom is -0.453 e. The van der Waals surface area contributed by atoms with Gasteiger partial charge in [0.05, 0.1) is 0 Å². The van der Waals surface area contributed by atoms with Gasteiger partial charge in [-0.15, -0.1) is 0 Å². The normalized spacial score (nSPS) is 11.3. The van der Waals surface area contributed by atoms with Crippen molar-refractivity contribution in [1.82, 2.24) is 0 Å². The van der Waals surface area contributed by atoms with Crippen LogP contribution in [0.25, 0.3) is 17.0 Å². The van der Waals surface area contributed by atoms with Crippen molar-refractivity contribution in [2.75, 3.05) is 0 Å². The number of hydrogen-bond donors (Lipinski definition) is 0. The average Bonchev–Trinajstić information content (AvgIpc) is 2.89. The highest BCUT2D eigenvalue weighted by Gasteiger charge is 2.09. The van der Waals surface area contributed by atoms with Crippen LogP contribution >= 0.6 is 23.2 Å². The third-order valence-corrected chi connectivity index (χ3v) is 3.51. The van der Waals surface area contributed by atoms with Gasteiger partial charge in [0.1, 0.15) is 5.58 Å². The van der Waals surface area contributed by atoms with Gasteiger partial charge in [-0.3, -0.25) is 4.79 Å². The summed E-state index contributed by atoms with van der Waals surface area (Å²) in [4.78, 5) is 12.1. The van der Waals surface area contributed by atoms with Crippen molar-refractivity contribution in [1.29, 1.82) is 0 Å². The summed E-state index contributed by atoms with van der Waals surface area (Å²) in [6, 6.07) is 14.2. The van der Waals surface area contributed by atoms with Crippen molar-refractivity contribution < 1.29 is 9.21 Å². The van der Waals surface area contributed by atoms with Crippen molar-refractivity contribution in [2.45, 2.75) is 0 Å². The SMILES string of the molecule is O=C(C=Cc1ccc(Cl)cc1)c1cc2cc(Cl)ccc2o1. The molecule has 3 aromatic rings. The second-order valence-electron chi connectivity index (χ2n) is 4.54. The molecule has 2 aromatic carbocycles. The second kappa shape index (κ2) is 5.76. The van der Waals surface area contributed by atoms with Gasteiger partial charge in [-0.05, 0) is 48.0 Å². The van der Waals surface area contributed by atoms with E-state index in [2.05, 4.69) is 0 Å². The third-order valence-electron chi connectivity index (χ3n) is 3.02. The summed E-state index contributed by atoms with van der Waals surface area (Å²) in [5, 5.41) is 2.08. The topological polar surface area (TPSA) is 30.2 Å². The van der Waals surface area contributed by atoms with Crippen LogP contribution in [0.1, 0.15) is 16.1 Å². The Morgan fingerprint density at radius 3 is 2.43 bits per heavy atom. The van der Waals surface area contributed by atoms with Gasteiger partial charge in [0.2, 0.25) is 5.78 Å². The zero-order chi connectivity index (χ0) is 14.8. The van der Waals surface area contributed by atoms with Crippen LogP contribution in [0.4, 0.5) is 0 Å². The van der Waals surface area contributed by atoms with E-state index in [0.29, 0.717) is 15.6 Å². The lowest BCUT2D eigenvalue weighted by molar-refractivity contribution is 0.102. The maximum Gasteiger partial charge on any atom is 0.221 e. The molecule has 0 bridgehead atoms. The van der Waals surface area contributed by atoms with Gasteiger partial charge in [-0.1, -0.05) is 41.4 Å². The number of allylic oxidation sites excluding steroid dienone is 1. The third kappa shape index (κ3) is 3.18. The molecule has 104 valence electrons. The lowest BCUT2D eigenvalue weighted by Gasteiger charge is -1.93. The van der Waals surface area contributed by atoms with E-state index in [1.54, 1.807) is 42.5 Å². The summed E-state index contributed by atoms with van der Waals surface area (Å²) in [6.45, 7) is 0. The molecule has 0 aliphatic heterocycles. The maximum atomic E-state index is 12.1. The number of rotatable bonds is 3. The molecule has 1 aromatic heterocycles. The van der Waals surface area contributed by atoms with E-state index < -0.39 is 0 Å². The Hall–Kier alpha value is -2.03. The molecule has 0 N–H and O–H groups in total. The quantitative estimate of drug-likeness (QED) is 0.462. The van der Waals surface area contributed by atoms with Crippen molar-refractivity contribution >= 4 is 46.0 Å². The van der Waals surface area contributed by atoms with Gasteiger partial charge in [-0.25, -0.2) is 0 Å². The van der Waals surface area contributed by atoms with Gasteiger partial charge in [0, 0.05) is 15.4 Å². The van der Waals surface area contributed by atoms with Crippen LogP contribution in [-0.4, -0.2) is 5.78 Å². The van der Waals surface area contributed by atoms with E-state index in [1.807, 2.05) is 12.1 Å². The number of hydrogen-bond acceptors (Lipinski definition) is 2. The molecule has 0 atom stereocenters. The van der Waals surface area contributed by atoms with Crippen molar-refractivity contribution in [3.05, 3.63) is 76.0 Å². The van der Waals surface area contributed by atoms with E-state index in [4.69, 9.17) is 27.6 Å². The molecule has 2 nitrogen and oxygen atoms in total. The number of carbonyl (C=O) groups excluding carboxylic acids is 1. The molecule has 0 spiro atoms. The molecule has 4 heteroatoms. The molecule has 0 aliphatic carbocycles. The molecule has 3 rings (SSSR count). The second-order valence-corrected chi connectivity index (χ2v) is 5.41. The Labute approximate surface area is 131 Å². The molecule has 0 fully saturated rings. The fourth-order valence-electron chi connectivity index (χ4n) is 1.96. The molecule has 0 unspecified atom stereocenters. The number of furan rings is 1. The van der Waals surface area contributed by atoms with Crippen LogP contribution in [0.5, 0.6) is 0 Å². The monoisotopic (exact) mass is 316 g/mol. The molecular weight excluding hydrogens is 307 g/mol. The van der Waals surface area contributed by atoms with E-state index in [-0.39, 0.29) is 11.5 Å².